The summed E-state index contributed by atoms with van der Waals surface area (Å²) in [4.78, 5) is 34.1. The van der Waals surface area contributed by atoms with Crippen molar-refractivity contribution in [3.05, 3.63) is 0 Å². The molecule has 90 valence electrons. The van der Waals surface area contributed by atoms with Crippen molar-refractivity contribution in [1.82, 2.24) is 5.32 Å². The zero-order chi connectivity index (χ0) is 12.1. The molecule has 2 atom stereocenters. The zero-order valence-corrected chi connectivity index (χ0v) is 9.32. The van der Waals surface area contributed by atoms with Crippen LogP contribution >= 0.6 is 0 Å². The fourth-order valence-corrected chi connectivity index (χ4v) is 1.52. The molecule has 2 unspecified atom stereocenters. The molecule has 1 rings (SSSR count). The van der Waals surface area contributed by atoms with Gasteiger partial charge in [-0.15, -0.1) is 0 Å². The van der Waals surface area contributed by atoms with Crippen LogP contribution in [0.25, 0.3) is 0 Å². The molecule has 1 N–H and O–H groups in total. The van der Waals surface area contributed by atoms with Gasteiger partial charge in [-0.3, -0.25) is 9.59 Å². The van der Waals surface area contributed by atoms with E-state index in [9.17, 15) is 14.4 Å². The highest BCUT2D eigenvalue weighted by Crippen LogP contribution is 2.18. The van der Waals surface area contributed by atoms with Crippen LogP contribution in [-0.2, 0) is 23.9 Å². The van der Waals surface area contributed by atoms with Crippen LogP contribution in [-0.4, -0.2) is 37.1 Å². The number of hydrogen-bond acceptors (Lipinski definition) is 5. The Kier molecular flexibility index (Phi) is 4.28. The molecule has 0 aromatic rings. The zero-order valence-electron chi connectivity index (χ0n) is 9.32. The van der Waals surface area contributed by atoms with E-state index in [0.29, 0.717) is 0 Å². The maximum absolute atomic E-state index is 11.4. The van der Waals surface area contributed by atoms with Crippen LogP contribution in [0.3, 0.4) is 0 Å². The second kappa shape index (κ2) is 5.48. The second-order valence-corrected chi connectivity index (χ2v) is 3.35. The van der Waals surface area contributed by atoms with Gasteiger partial charge in [0.15, 0.2) is 0 Å². The predicted octanol–water partition coefficient (Wildman–Crippen LogP) is -0.383. The van der Waals surface area contributed by atoms with Crippen LogP contribution in [0.4, 0.5) is 0 Å². The third-order valence-corrected chi connectivity index (χ3v) is 2.25. The van der Waals surface area contributed by atoms with Crippen molar-refractivity contribution in [2.75, 3.05) is 13.2 Å². The third kappa shape index (κ3) is 2.71. The van der Waals surface area contributed by atoms with Crippen molar-refractivity contribution >= 4 is 17.8 Å². The molecule has 1 amide bonds. The predicted molar refractivity (Wildman–Crippen MR) is 53.3 cm³/mol. The lowest BCUT2D eigenvalue weighted by molar-refractivity contribution is -0.150. The summed E-state index contributed by atoms with van der Waals surface area (Å²) in [6.45, 7) is 3.80. The summed E-state index contributed by atoms with van der Waals surface area (Å²) in [6.07, 6.45) is 0.108. The maximum atomic E-state index is 11.4. The summed E-state index contributed by atoms with van der Waals surface area (Å²) in [7, 11) is 0. The molecule has 0 aromatic heterocycles. The highest BCUT2D eigenvalue weighted by atomic mass is 16.5. The van der Waals surface area contributed by atoms with Gasteiger partial charge < -0.3 is 14.8 Å². The first-order chi connectivity index (χ1) is 7.60. The van der Waals surface area contributed by atoms with Gasteiger partial charge in [0.25, 0.3) is 0 Å². The minimum absolute atomic E-state index is 0.108. The first-order valence-electron chi connectivity index (χ1n) is 5.23. The van der Waals surface area contributed by atoms with Gasteiger partial charge in [0.2, 0.25) is 5.91 Å². The van der Waals surface area contributed by atoms with Crippen LogP contribution in [0.5, 0.6) is 0 Å². The number of carbonyl (C=O) groups excluding carboxylic acids is 3. The standard InChI is InChI=1S/C10H15NO5/c1-3-15-9(13)6-5-7(11-8(6)12)10(14)16-4-2/h6-7H,3-5H2,1-2H3,(H,11,12). The van der Waals surface area contributed by atoms with Crippen LogP contribution in [0, 0.1) is 5.92 Å². The Labute approximate surface area is 93.3 Å². The number of ether oxygens (including phenoxy) is 2. The summed E-state index contributed by atoms with van der Waals surface area (Å²) in [5.41, 5.74) is 0. The Balaban J connectivity index is 2.56. The molecular formula is C10H15NO5. The number of carbonyl (C=O) groups is 3. The number of hydrogen-bond donors (Lipinski definition) is 1. The number of amides is 1. The van der Waals surface area contributed by atoms with Gasteiger partial charge in [-0.25, -0.2) is 4.79 Å². The topological polar surface area (TPSA) is 81.7 Å². The van der Waals surface area contributed by atoms with Crippen molar-refractivity contribution in [3.8, 4) is 0 Å². The number of nitrogens with one attached hydrogen (secondary N) is 1. The Hall–Kier alpha value is -1.59. The van der Waals surface area contributed by atoms with Crippen molar-refractivity contribution in [1.29, 1.82) is 0 Å². The van der Waals surface area contributed by atoms with E-state index in [4.69, 9.17) is 9.47 Å². The van der Waals surface area contributed by atoms with Gasteiger partial charge >= 0.3 is 11.9 Å². The van der Waals surface area contributed by atoms with Crippen LogP contribution < -0.4 is 5.32 Å². The molecule has 0 spiro atoms. The van der Waals surface area contributed by atoms with Crippen molar-refractivity contribution in [2.24, 2.45) is 5.92 Å². The lowest BCUT2D eigenvalue weighted by Gasteiger charge is -2.08. The summed E-state index contributed by atoms with van der Waals surface area (Å²) in [6, 6.07) is -0.734. The molecule has 0 bridgehead atoms. The molecule has 16 heavy (non-hydrogen) atoms. The fourth-order valence-electron chi connectivity index (χ4n) is 1.52. The average molecular weight is 229 g/mol. The molecule has 1 aliphatic heterocycles. The minimum atomic E-state index is -0.894. The smallest absolute Gasteiger partial charge is 0.328 e. The summed E-state index contributed by atoms with van der Waals surface area (Å²) in [5, 5.41) is 2.41. The van der Waals surface area contributed by atoms with E-state index in [1.165, 1.54) is 0 Å². The van der Waals surface area contributed by atoms with E-state index in [-0.39, 0.29) is 19.6 Å². The van der Waals surface area contributed by atoms with Crippen LogP contribution in [0.1, 0.15) is 20.3 Å². The molecule has 1 fully saturated rings. The normalized spacial score (nSPS) is 23.8. The number of rotatable bonds is 4. The lowest BCUT2D eigenvalue weighted by atomic mass is 10.1. The Bertz CT molecular complexity index is 302. The van der Waals surface area contributed by atoms with Crippen molar-refractivity contribution < 1.29 is 23.9 Å². The Morgan fingerprint density at radius 2 is 1.81 bits per heavy atom. The molecule has 1 aliphatic rings. The molecule has 0 radical (unpaired) electrons. The summed E-state index contributed by atoms with van der Waals surface area (Å²) in [5.74, 6) is -2.47. The van der Waals surface area contributed by atoms with Gasteiger partial charge in [-0.2, -0.15) is 0 Å². The summed E-state index contributed by atoms with van der Waals surface area (Å²) >= 11 is 0. The molecule has 6 heteroatoms. The first-order valence-corrected chi connectivity index (χ1v) is 5.23. The highest BCUT2D eigenvalue weighted by molar-refractivity contribution is 6.02. The van der Waals surface area contributed by atoms with E-state index in [2.05, 4.69) is 5.32 Å². The molecule has 1 saturated heterocycles. The fraction of sp³-hybridized carbons (Fsp3) is 0.700. The van der Waals surface area contributed by atoms with Gasteiger partial charge in [-0.05, 0) is 13.8 Å². The molecule has 0 saturated carbocycles. The molecule has 6 nitrogen and oxygen atoms in total. The van der Waals surface area contributed by atoms with E-state index in [1.807, 2.05) is 0 Å². The van der Waals surface area contributed by atoms with Crippen LogP contribution in [0.2, 0.25) is 0 Å². The molecule has 0 aromatic carbocycles. The van der Waals surface area contributed by atoms with Crippen molar-refractivity contribution in [2.45, 2.75) is 26.3 Å². The van der Waals surface area contributed by atoms with Gasteiger partial charge in [0.05, 0.1) is 13.2 Å². The van der Waals surface area contributed by atoms with E-state index >= 15 is 0 Å². The van der Waals surface area contributed by atoms with Crippen molar-refractivity contribution in [3.63, 3.8) is 0 Å². The van der Waals surface area contributed by atoms with Gasteiger partial charge in [0.1, 0.15) is 12.0 Å². The Morgan fingerprint density at radius 1 is 1.25 bits per heavy atom. The molecular weight excluding hydrogens is 214 g/mol. The van der Waals surface area contributed by atoms with Crippen LogP contribution in [0.15, 0.2) is 0 Å². The quantitative estimate of drug-likeness (QED) is 0.525. The number of esters is 2. The third-order valence-electron chi connectivity index (χ3n) is 2.25. The summed E-state index contributed by atoms with van der Waals surface area (Å²) < 4.78 is 9.49. The maximum Gasteiger partial charge on any atom is 0.328 e. The average Bonchev–Trinajstić information content (AvgIpc) is 2.61. The SMILES string of the molecule is CCOC(=O)C1CC(C(=O)OCC)C(=O)N1. The Morgan fingerprint density at radius 3 is 2.38 bits per heavy atom. The molecule has 1 heterocycles. The minimum Gasteiger partial charge on any atom is -0.465 e. The molecule has 0 aliphatic carbocycles. The second-order valence-electron chi connectivity index (χ2n) is 3.35. The van der Waals surface area contributed by atoms with Gasteiger partial charge in [0, 0.05) is 6.42 Å². The largest absolute Gasteiger partial charge is 0.465 e. The highest BCUT2D eigenvalue weighted by Gasteiger charge is 2.41. The lowest BCUT2D eigenvalue weighted by Crippen LogP contribution is -2.35. The first kappa shape index (κ1) is 12.5. The van der Waals surface area contributed by atoms with E-state index in [0.717, 1.165) is 0 Å². The van der Waals surface area contributed by atoms with E-state index < -0.39 is 29.8 Å². The van der Waals surface area contributed by atoms with E-state index in [1.54, 1.807) is 13.8 Å². The van der Waals surface area contributed by atoms with Gasteiger partial charge in [-0.1, -0.05) is 0 Å². The monoisotopic (exact) mass is 229 g/mol.